The van der Waals surface area contributed by atoms with Crippen LogP contribution in [-0.2, 0) is 24.2 Å². The van der Waals surface area contributed by atoms with Gasteiger partial charge in [0.25, 0.3) is 0 Å². The number of amides is 1. The number of carbonyl (C=O) groups excluding carboxylic acids is 1. The molecule has 1 aliphatic carbocycles. The van der Waals surface area contributed by atoms with Crippen LogP contribution in [0.15, 0.2) is 36.4 Å². The first kappa shape index (κ1) is 23.3. The van der Waals surface area contributed by atoms with Crippen molar-refractivity contribution >= 4 is 5.91 Å². The number of benzene rings is 2. The summed E-state index contributed by atoms with van der Waals surface area (Å²) >= 11 is 0. The largest absolute Gasteiger partial charge is 0.573 e. The summed E-state index contributed by atoms with van der Waals surface area (Å²) < 4.78 is 72.3. The summed E-state index contributed by atoms with van der Waals surface area (Å²) in [5.74, 6) is -2.17. The second kappa shape index (κ2) is 8.33. The number of carbonyl (C=O) groups is 1. The van der Waals surface area contributed by atoms with E-state index in [1.54, 1.807) is 11.0 Å². The molecule has 1 N–H and O–H groups in total. The maximum atomic E-state index is 14.4. The number of halogens is 5. The van der Waals surface area contributed by atoms with Gasteiger partial charge >= 0.3 is 6.36 Å². The lowest BCUT2D eigenvalue weighted by atomic mass is 9.99. The lowest BCUT2D eigenvalue weighted by Gasteiger charge is -2.28. The highest BCUT2D eigenvalue weighted by atomic mass is 19.4. The zero-order valence-electron chi connectivity index (χ0n) is 18.4. The zero-order valence-corrected chi connectivity index (χ0v) is 18.4. The van der Waals surface area contributed by atoms with E-state index in [2.05, 4.69) is 9.84 Å². The van der Waals surface area contributed by atoms with Crippen molar-refractivity contribution in [3.8, 4) is 17.0 Å². The van der Waals surface area contributed by atoms with Crippen molar-refractivity contribution in [2.45, 2.75) is 44.8 Å². The molecule has 0 saturated heterocycles. The molecule has 2 aliphatic rings. The van der Waals surface area contributed by atoms with E-state index in [0.717, 1.165) is 18.2 Å². The molecular formula is C24H20F5N3O3. The number of aliphatic hydroxyl groups excluding tert-OH is 1. The predicted molar refractivity (Wildman–Crippen MR) is 113 cm³/mol. The molecule has 184 valence electrons. The van der Waals surface area contributed by atoms with Crippen LogP contribution in [-0.4, -0.2) is 44.7 Å². The van der Waals surface area contributed by atoms with E-state index < -0.39 is 35.9 Å². The van der Waals surface area contributed by atoms with Gasteiger partial charge in [-0.1, -0.05) is 12.1 Å². The molecule has 11 heteroatoms. The number of alkyl halides is 3. The van der Waals surface area contributed by atoms with Crippen molar-refractivity contribution in [3.63, 3.8) is 0 Å². The van der Waals surface area contributed by atoms with Crippen molar-refractivity contribution in [2.24, 2.45) is 0 Å². The number of ether oxygens (including phenoxy) is 1. The van der Waals surface area contributed by atoms with Crippen molar-refractivity contribution < 1.29 is 36.6 Å². The van der Waals surface area contributed by atoms with Crippen molar-refractivity contribution in [2.75, 3.05) is 6.54 Å². The Morgan fingerprint density at radius 2 is 1.94 bits per heavy atom. The molecule has 5 rings (SSSR count). The first-order valence-electron chi connectivity index (χ1n) is 10.9. The van der Waals surface area contributed by atoms with E-state index in [9.17, 15) is 31.9 Å². The molecule has 2 aromatic carbocycles. The van der Waals surface area contributed by atoms with Gasteiger partial charge in [0.1, 0.15) is 23.4 Å². The van der Waals surface area contributed by atoms with Gasteiger partial charge in [-0.3, -0.25) is 9.48 Å². The fourth-order valence-electron chi connectivity index (χ4n) is 4.94. The van der Waals surface area contributed by atoms with Crippen molar-refractivity contribution in [3.05, 3.63) is 70.4 Å². The van der Waals surface area contributed by atoms with E-state index >= 15 is 0 Å². The highest BCUT2D eigenvalue weighted by Crippen LogP contribution is 2.41. The summed E-state index contributed by atoms with van der Waals surface area (Å²) in [6.07, 6.45) is -5.67. The Morgan fingerprint density at radius 1 is 1.17 bits per heavy atom. The van der Waals surface area contributed by atoms with Crippen LogP contribution in [0.25, 0.3) is 11.3 Å². The van der Waals surface area contributed by atoms with Crippen LogP contribution in [0.5, 0.6) is 5.75 Å². The Bertz CT molecular complexity index is 1320. The van der Waals surface area contributed by atoms with Gasteiger partial charge in [-0.15, -0.1) is 13.2 Å². The summed E-state index contributed by atoms with van der Waals surface area (Å²) in [7, 11) is 0. The SMILES string of the molecule is CC(=O)N1CCc2c(c(-c3cccc(OC(F)(F)F)c3)nn2[C@@H]2c3cc(F)cc(F)c3C[C@@H]2O)C1. The van der Waals surface area contributed by atoms with Crippen LogP contribution in [0.4, 0.5) is 22.0 Å². The van der Waals surface area contributed by atoms with E-state index in [1.807, 2.05) is 0 Å². The number of aromatic nitrogens is 2. The average molecular weight is 493 g/mol. The molecule has 1 aromatic heterocycles. The minimum Gasteiger partial charge on any atom is -0.406 e. The highest BCUT2D eigenvalue weighted by molar-refractivity contribution is 5.75. The topological polar surface area (TPSA) is 67.6 Å². The Labute approximate surface area is 196 Å². The Hall–Kier alpha value is -3.47. The summed E-state index contributed by atoms with van der Waals surface area (Å²) in [5.41, 5.74) is 2.29. The van der Waals surface area contributed by atoms with Gasteiger partial charge in [0.05, 0.1) is 11.8 Å². The molecule has 0 saturated carbocycles. The van der Waals surface area contributed by atoms with Gasteiger partial charge in [0, 0.05) is 55.7 Å². The summed E-state index contributed by atoms with van der Waals surface area (Å²) in [4.78, 5) is 13.6. The number of hydrogen-bond donors (Lipinski definition) is 1. The van der Waals surface area contributed by atoms with Crippen LogP contribution in [0.1, 0.15) is 35.3 Å². The number of nitrogens with zero attached hydrogens (tertiary/aromatic N) is 3. The Balaban J connectivity index is 1.66. The maximum absolute atomic E-state index is 14.4. The molecule has 2 atom stereocenters. The van der Waals surface area contributed by atoms with Gasteiger partial charge in [-0.05, 0) is 29.3 Å². The average Bonchev–Trinajstić information content (AvgIpc) is 3.29. The number of hydrogen-bond acceptors (Lipinski definition) is 4. The molecule has 35 heavy (non-hydrogen) atoms. The van der Waals surface area contributed by atoms with E-state index in [1.165, 1.54) is 23.7 Å². The fourth-order valence-corrected chi connectivity index (χ4v) is 4.94. The van der Waals surface area contributed by atoms with Gasteiger partial charge in [-0.25, -0.2) is 8.78 Å². The number of rotatable bonds is 3. The van der Waals surface area contributed by atoms with Crippen LogP contribution < -0.4 is 4.74 Å². The highest BCUT2D eigenvalue weighted by Gasteiger charge is 2.39. The fraction of sp³-hybridized carbons (Fsp3) is 0.333. The second-order valence-corrected chi connectivity index (χ2v) is 8.66. The van der Waals surface area contributed by atoms with Crippen LogP contribution >= 0.6 is 0 Å². The lowest BCUT2D eigenvalue weighted by molar-refractivity contribution is -0.274. The molecule has 0 radical (unpaired) electrons. The minimum atomic E-state index is -4.88. The molecule has 0 fully saturated rings. The first-order chi connectivity index (χ1) is 16.5. The molecule has 1 amide bonds. The van der Waals surface area contributed by atoms with Crippen LogP contribution in [0.2, 0.25) is 0 Å². The second-order valence-electron chi connectivity index (χ2n) is 8.66. The third-order valence-corrected chi connectivity index (χ3v) is 6.43. The summed E-state index contributed by atoms with van der Waals surface area (Å²) in [6.45, 7) is 1.92. The molecule has 1 aliphatic heterocycles. The standard InChI is InChI=1S/C24H20F5N3O3/c1-12(33)31-6-5-20-18(11-31)22(13-3-2-4-15(7-13)35-24(27,28)29)30-32(20)23-17-8-14(25)9-19(26)16(17)10-21(23)34/h2-4,7-9,21,23,34H,5-6,10-11H2,1H3/t21-,23+/m0/s1. The summed E-state index contributed by atoms with van der Waals surface area (Å²) in [5, 5.41) is 15.4. The summed E-state index contributed by atoms with van der Waals surface area (Å²) in [6, 6.07) is 6.32. The third kappa shape index (κ3) is 4.24. The number of aliphatic hydroxyl groups is 1. The van der Waals surface area contributed by atoms with E-state index in [4.69, 9.17) is 0 Å². The minimum absolute atomic E-state index is 0.0371. The Morgan fingerprint density at radius 3 is 2.66 bits per heavy atom. The lowest BCUT2D eigenvalue weighted by Crippen LogP contribution is -2.35. The van der Waals surface area contributed by atoms with E-state index in [0.29, 0.717) is 35.5 Å². The molecular weight excluding hydrogens is 473 g/mol. The third-order valence-electron chi connectivity index (χ3n) is 6.43. The first-order valence-corrected chi connectivity index (χ1v) is 10.9. The normalized spacial score (nSPS) is 19.5. The predicted octanol–water partition coefficient (Wildman–Crippen LogP) is 4.14. The zero-order chi connectivity index (χ0) is 25.1. The van der Waals surface area contributed by atoms with Gasteiger partial charge < -0.3 is 14.7 Å². The Kier molecular flexibility index (Phi) is 5.54. The monoisotopic (exact) mass is 493 g/mol. The van der Waals surface area contributed by atoms with Gasteiger partial charge in [0.15, 0.2) is 0 Å². The van der Waals surface area contributed by atoms with Gasteiger partial charge in [-0.2, -0.15) is 5.10 Å². The van der Waals surface area contributed by atoms with Crippen molar-refractivity contribution in [1.29, 1.82) is 0 Å². The van der Waals surface area contributed by atoms with Crippen molar-refractivity contribution in [1.82, 2.24) is 14.7 Å². The van der Waals surface area contributed by atoms with Gasteiger partial charge in [0.2, 0.25) is 5.91 Å². The maximum Gasteiger partial charge on any atom is 0.573 e. The number of fused-ring (bicyclic) bond motifs is 2. The van der Waals surface area contributed by atoms with E-state index in [-0.39, 0.29) is 30.0 Å². The molecule has 0 bridgehead atoms. The molecule has 2 heterocycles. The molecule has 3 aromatic rings. The quantitative estimate of drug-likeness (QED) is 0.557. The molecule has 0 unspecified atom stereocenters. The van der Waals surface area contributed by atoms with Crippen LogP contribution in [0, 0.1) is 11.6 Å². The van der Waals surface area contributed by atoms with Crippen LogP contribution in [0.3, 0.4) is 0 Å². The smallest absolute Gasteiger partial charge is 0.406 e. The molecule has 0 spiro atoms. The molecule has 6 nitrogen and oxygen atoms in total.